The molecule has 0 spiro atoms. The molecule has 88 valence electrons. The van der Waals surface area contributed by atoms with E-state index >= 15 is 0 Å². The van der Waals surface area contributed by atoms with E-state index in [1.165, 1.54) is 5.69 Å². The first-order chi connectivity index (χ1) is 8.31. The van der Waals surface area contributed by atoms with Crippen molar-refractivity contribution in [3.63, 3.8) is 0 Å². The molecule has 0 radical (unpaired) electrons. The summed E-state index contributed by atoms with van der Waals surface area (Å²) in [6, 6.07) is 4.38. The molecule has 0 aromatic carbocycles. The van der Waals surface area contributed by atoms with Crippen LogP contribution >= 0.6 is 0 Å². The van der Waals surface area contributed by atoms with Crippen molar-refractivity contribution >= 4 is 5.95 Å². The van der Waals surface area contributed by atoms with Crippen LogP contribution in [0.25, 0.3) is 0 Å². The first-order valence-corrected chi connectivity index (χ1v) is 5.88. The highest BCUT2D eigenvalue weighted by Crippen LogP contribution is 2.16. The molecule has 0 bridgehead atoms. The first kappa shape index (κ1) is 10.3. The lowest BCUT2D eigenvalue weighted by Crippen LogP contribution is -2.31. The molecule has 3 heterocycles. The van der Waals surface area contributed by atoms with E-state index in [0.717, 1.165) is 31.0 Å². The van der Waals surface area contributed by atoms with Crippen LogP contribution in [0, 0.1) is 6.92 Å². The van der Waals surface area contributed by atoms with Crippen molar-refractivity contribution < 1.29 is 0 Å². The molecule has 2 aromatic rings. The Hall–Kier alpha value is -1.91. The van der Waals surface area contributed by atoms with Gasteiger partial charge in [-0.05, 0) is 25.5 Å². The van der Waals surface area contributed by atoms with Crippen molar-refractivity contribution in [2.75, 3.05) is 5.32 Å². The average Bonchev–Trinajstić information content (AvgIpc) is 2.76. The fourth-order valence-electron chi connectivity index (χ4n) is 2.19. The second-order valence-corrected chi connectivity index (χ2v) is 4.40. The predicted molar refractivity (Wildman–Crippen MR) is 64.7 cm³/mol. The van der Waals surface area contributed by atoms with E-state index in [9.17, 15) is 0 Å². The summed E-state index contributed by atoms with van der Waals surface area (Å²) in [4.78, 5) is 8.60. The van der Waals surface area contributed by atoms with Crippen LogP contribution in [0.4, 0.5) is 5.95 Å². The van der Waals surface area contributed by atoms with Crippen molar-refractivity contribution in [1.29, 1.82) is 0 Å². The number of rotatable bonds is 2. The fraction of sp³-hybridized carbons (Fsp3) is 0.417. The number of hydrogen-bond acceptors (Lipinski definition) is 4. The average molecular weight is 229 g/mol. The molecule has 0 aliphatic carbocycles. The minimum atomic E-state index is 0.404. The number of aryl methyl sites for hydroxylation is 2. The van der Waals surface area contributed by atoms with Crippen molar-refractivity contribution in [3.8, 4) is 0 Å². The van der Waals surface area contributed by atoms with Gasteiger partial charge in [0.1, 0.15) is 0 Å². The zero-order valence-corrected chi connectivity index (χ0v) is 9.80. The largest absolute Gasteiger partial charge is 0.351 e. The molecule has 1 unspecified atom stereocenters. The molecule has 1 atom stereocenters. The van der Waals surface area contributed by atoms with Gasteiger partial charge in [0.2, 0.25) is 5.95 Å². The number of anilines is 1. The smallest absolute Gasteiger partial charge is 0.223 e. The Morgan fingerprint density at radius 3 is 3.18 bits per heavy atom. The van der Waals surface area contributed by atoms with Crippen LogP contribution in [0.5, 0.6) is 0 Å². The molecule has 0 saturated carbocycles. The van der Waals surface area contributed by atoms with Gasteiger partial charge in [-0.15, -0.1) is 0 Å². The van der Waals surface area contributed by atoms with Gasteiger partial charge in [0.25, 0.3) is 0 Å². The Balaban J connectivity index is 1.72. The molecule has 0 amide bonds. The summed E-state index contributed by atoms with van der Waals surface area (Å²) in [7, 11) is 0. The van der Waals surface area contributed by atoms with Crippen molar-refractivity contribution in [2.24, 2.45) is 0 Å². The van der Waals surface area contributed by atoms with Gasteiger partial charge in [0.15, 0.2) is 0 Å². The Morgan fingerprint density at radius 1 is 1.35 bits per heavy atom. The Morgan fingerprint density at radius 2 is 2.29 bits per heavy atom. The van der Waals surface area contributed by atoms with Crippen molar-refractivity contribution in [2.45, 2.75) is 32.4 Å². The topological polar surface area (TPSA) is 55.6 Å². The van der Waals surface area contributed by atoms with Crippen LogP contribution in [0.15, 0.2) is 24.5 Å². The molecule has 0 saturated heterocycles. The van der Waals surface area contributed by atoms with Crippen LogP contribution in [-0.2, 0) is 13.0 Å². The van der Waals surface area contributed by atoms with E-state index in [4.69, 9.17) is 0 Å². The van der Waals surface area contributed by atoms with Gasteiger partial charge in [-0.1, -0.05) is 0 Å². The third-order valence-electron chi connectivity index (χ3n) is 3.08. The lowest BCUT2D eigenvalue weighted by Gasteiger charge is -2.24. The Bertz CT molecular complexity index is 519. The number of fused-ring (bicyclic) bond motifs is 1. The van der Waals surface area contributed by atoms with Gasteiger partial charge in [0.05, 0.1) is 0 Å². The normalized spacial score (nSPS) is 18.8. The maximum atomic E-state index is 4.37. The zero-order chi connectivity index (χ0) is 11.7. The van der Waals surface area contributed by atoms with E-state index in [1.807, 2.05) is 19.2 Å². The molecule has 5 heteroatoms. The van der Waals surface area contributed by atoms with E-state index in [1.54, 1.807) is 6.20 Å². The molecule has 1 N–H and O–H groups in total. The van der Waals surface area contributed by atoms with Crippen LogP contribution < -0.4 is 5.32 Å². The van der Waals surface area contributed by atoms with Gasteiger partial charge in [-0.2, -0.15) is 5.10 Å². The van der Waals surface area contributed by atoms with Crippen LogP contribution in [-0.4, -0.2) is 25.8 Å². The second kappa shape index (κ2) is 4.16. The molecule has 1 aliphatic heterocycles. The van der Waals surface area contributed by atoms with Gasteiger partial charge in [-0.3, -0.25) is 4.68 Å². The number of hydrogen-bond donors (Lipinski definition) is 1. The molecule has 2 aromatic heterocycles. The molecule has 5 nitrogen and oxygen atoms in total. The predicted octanol–water partition coefficient (Wildman–Crippen LogP) is 1.41. The highest BCUT2D eigenvalue weighted by molar-refractivity contribution is 5.27. The molecule has 17 heavy (non-hydrogen) atoms. The second-order valence-electron chi connectivity index (χ2n) is 4.40. The highest BCUT2D eigenvalue weighted by Gasteiger charge is 2.19. The molecular formula is C12H15N5. The standard InChI is InChI=1S/C12H15N5/c1-9-2-5-13-12(15-9)16-10-4-7-17-11(8-10)3-6-14-17/h2-3,5-6,10H,4,7-8H2,1H3,(H,13,15,16). The molecule has 3 rings (SSSR count). The van der Waals surface area contributed by atoms with Crippen molar-refractivity contribution in [1.82, 2.24) is 19.7 Å². The number of nitrogens with one attached hydrogen (secondary N) is 1. The quantitative estimate of drug-likeness (QED) is 0.846. The lowest BCUT2D eigenvalue weighted by molar-refractivity contribution is 0.454. The summed E-state index contributed by atoms with van der Waals surface area (Å²) in [5.74, 6) is 0.725. The summed E-state index contributed by atoms with van der Waals surface area (Å²) >= 11 is 0. The van der Waals surface area contributed by atoms with Crippen LogP contribution in [0.3, 0.4) is 0 Å². The highest BCUT2D eigenvalue weighted by atomic mass is 15.3. The summed E-state index contributed by atoms with van der Waals surface area (Å²) in [5, 5.41) is 7.66. The maximum Gasteiger partial charge on any atom is 0.223 e. The van der Waals surface area contributed by atoms with Gasteiger partial charge < -0.3 is 5.32 Å². The summed E-state index contributed by atoms with van der Waals surface area (Å²) in [6.07, 6.45) is 5.70. The van der Waals surface area contributed by atoms with Gasteiger partial charge in [0, 0.05) is 42.8 Å². The van der Waals surface area contributed by atoms with E-state index < -0.39 is 0 Å². The van der Waals surface area contributed by atoms with Gasteiger partial charge in [-0.25, -0.2) is 9.97 Å². The Kier molecular flexibility index (Phi) is 2.51. The van der Waals surface area contributed by atoms with E-state index in [-0.39, 0.29) is 0 Å². The van der Waals surface area contributed by atoms with Crippen molar-refractivity contribution in [3.05, 3.63) is 35.9 Å². The van der Waals surface area contributed by atoms with E-state index in [0.29, 0.717) is 6.04 Å². The first-order valence-electron chi connectivity index (χ1n) is 5.88. The molecule has 0 fully saturated rings. The summed E-state index contributed by atoms with van der Waals surface area (Å²) in [6.45, 7) is 2.94. The van der Waals surface area contributed by atoms with Crippen LogP contribution in [0.1, 0.15) is 17.8 Å². The monoisotopic (exact) mass is 229 g/mol. The molecular weight excluding hydrogens is 214 g/mol. The number of aromatic nitrogens is 4. The van der Waals surface area contributed by atoms with Gasteiger partial charge >= 0.3 is 0 Å². The van der Waals surface area contributed by atoms with Crippen LogP contribution in [0.2, 0.25) is 0 Å². The summed E-state index contributed by atoms with van der Waals surface area (Å²) < 4.78 is 2.06. The number of nitrogens with zero attached hydrogens (tertiary/aromatic N) is 4. The third kappa shape index (κ3) is 2.13. The summed E-state index contributed by atoms with van der Waals surface area (Å²) in [5.41, 5.74) is 2.27. The third-order valence-corrected chi connectivity index (χ3v) is 3.08. The SMILES string of the molecule is Cc1ccnc(NC2CCn3nccc3C2)n1. The maximum absolute atomic E-state index is 4.37. The minimum Gasteiger partial charge on any atom is -0.351 e. The Labute approximate surface area is 99.9 Å². The van der Waals surface area contributed by atoms with E-state index in [2.05, 4.69) is 31.1 Å². The minimum absolute atomic E-state index is 0.404. The zero-order valence-electron chi connectivity index (χ0n) is 9.80. The fourth-order valence-corrected chi connectivity index (χ4v) is 2.19. The lowest BCUT2D eigenvalue weighted by atomic mass is 10.0. The molecule has 1 aliphatic rings.